The average molecular weight is 278 g/mol. The van der Waals surface area contributed by atoms with Crippen LogP contribution in [0.1, 0.15) is 0 Å². The molecule has 2 rings (SSSR count). The van der Waals surface area contributed by atoms with Gasteiger partial charge in [0.1, 0.15) is 6.61 Å². The summed E-state index contributed by atoms with van der Waals surface area (Å²) in [5.74, 6) is 0.300. The molecule has 0 aliphatic carbocycles. The fourth-order valence-electron chi connectivity index (χ4n) is 1.50. The number of rotatable bonds is 4. The SMILES string of the molecule is COCC(=O)Nc1cnc(-c2cccc(Cl)c2)nc1. The van der Waals surface area contributed by atoms with Crippen molar-refractivity contribution in [3.05, 3.63) is 41.7 Å². The lowest BCUT2D eigenvalue weighted by atomic mass is 10.2. The minimum absolute atomic E-state index is 0.00392. The predicted molar refractivity (Wildman–Crippen MR) is 73.0 cm³/mol. The van der Waals surface area contributed by atoms with E-state index in [1.807, 2.05) is 12.1 Å². The van der Waals surface area contributed by atoms with Crippen molar-refractivity contribution < 1.29 is 9.53 Å². The minimum atomic E-state index is -0.249. The van der Waals surface area contributed by atoms with Crippen molar-refractivity contribution >= 4 is 23.2 Å². The summed E-state index contributed by atoms with van der Waals surface area (Å²) in [6.07, 6.45) is 3.08. The van der Waals surface area contributed by atoms with E-state index in [9.17, 15) is 4.79 Å². The number of halogens is 1. The van der Waals surface area contributed by atoms with Gasteiger partial charge in [0, 0.05) is 17.7 Å². The molecular formula is C13H12ClN3O2. The van der Waals surface area contributed by atoms with E-state index in [-0.39, 0.29) is 12.5 Å². The van der Waals surface area contributed by atoms with Crippen LogP contribution in [-0.4, -0.2) is 29.6 Å². The Morgan fingerprint density at radius 1 is 1.37 bits per heavy atom. The Morgan fingerprint density at radius 2 is 2.11 bits per heavy atom. The molecule has 1 N–H and O–H groups in total. The number of anilines is 1. The van der Waals surface area contributed by atoms with E-state index in [1.54, 1.807) is 12.1 Å². The molecule has 1 amide bonds. The number of benzene rings is 1. The van der Waals surface area contributed by atoms with Crippen LogP contribution in [0.3, 0.4) is 0 Å². The van der Waals surface area contributed by atoms with Crippen LogP contribution in [0.5, 0.6) is 0 Å². The highest BCUT2D eigenvalue weighted by atomic mass is 35.5. The molecule has 6 heteroatoms. The molecule has 0 radical (unpaired) electrons. The van der Waals surface area contributed by atoms with Gasteiger partial charge in [-0.2, -0.15) is 0 Å². The Kier molecular flexibility index (Phi) is 4.43. The van der Waals surface area contributed by atoms with Gasteiger partial charge in [-0.3, -0.25) is 4.79 Å². The lowest BCUT2D eigenvalue weighted by Gasteiger charge is -2.05. The normalized spacial score (nSPS) is 10.2. The van der Waals surface area contributed by atoms with Gasteiger partial charge in [-0.15, -0.1) is 0 Å². The van der Waals surface area contributed by atoms with Crippen molar-refractivity contribution in [2.75, 3.05) is 19.0 Å². The van der Waals surface area contributed by atoms with E-state index >= 15 is 0 Å². The zero-order valence-corrected chi connectivity index (χ0v) is 11.0. The van der Waals surface area contributed by atoms with Crippen LogP contribution in [0.15, 0.2) is 36.7 Å². The first-order valence-electron chi connectivity index (χ1n) is 5.56. The van der Waals surface area contributed by atoms with Gasteiger partial charge in [0.15, 0.2) is 5.82 Å². The molecule has 0 bridgehead atoms. The highest BCUT2D eigenvalue weighted by molar-refractivity contribution is 6.30. The van der Waals surface area contributed by atoms with E-state index in [1.165, 1.54) is 19.5 Å². The molecule has 0 aliphatic rings. The van der Waals surface area contributed by atoms with Crippen molar-refractivity contribution in [1.29, 1.82) is 0 Å². The standard InChI is InChI=1S/C13H12ClN3O2/c1-19-8-12(18)17-11-6-15-13(16-7-11)9-3-2-4-10(14)5-9/h2-7H,8H2,1H3,(H,17,18). The van der Waals surface area contributed by atoms with E-state index in [2.05, 4.69) is 15.3 Å². The van der Waals surface area contributed by atoms with Crippen LogP contribution in [0, 0.1) is 0 Å². The van der Waals surface area contributed by atoms with E-state index < -0.39 is 0 Å². The largest absolute Gasteiger partial charge is 0.375 e. The Balaban J connectivity index is 2.12. The third kappa shape index (κ3) is 3.74. The highest BCUT2D eigenvalue weighted by Gasteiger charge is 2.04. The molecule has 0 spiro atoms. The van der Waals surface area contributed by atoms with Gasteiger partial charge in [0.05, 0.1) is 18.1 Å². The number of methoxy groups -OCH3 is 1. The summed E-state index contributed by atoms with van der Waals surface area (Å²) in [5.41, 5.74) is 1.34. The maximum Gasteiger partial charge on any atom is 0.250 e. The fourth-order valence-corrected chi connectivity index (χ4v) is 1.69. The summed E-state index contributed by atoms with van der Waals surface area (Å²) in [5, 5.41) is 3.24. The molecule has 2 aromatic rings. The first-order valence-corrected chi connectivity index (χ1v) is 5.93. The monoisotopic (exact) mass is 277 g/mol. The van der Waals surface area contributed by atoms with Crippen molar-refractivity contribution in [2.24, 2.45) is 0 Å². The minimum Gasteiger partial charge on any atom is -0.375 e. The predicted octanol–water partition coefficient (Wildman–Crippen LogP) is 2.38. The van der Waals surface area contributed by atoms with Gasteiger partial charge < -0.3 is 10.1 Å². The smallest absolute Gasteiger partial charge is 0.250 e. The second-order valence-corrected chi connectivity index (χ2v) is 4.22. The highest BCUT2D eigenvalue weighted by Crippen LogP contribution is 2.19. The summed E-state index contributed by atoms with van der Waals surface area (Å²) in [6, 6.07) is 7.25. The molecule has 0 aliphatic heterocycles. The van der Waals surface area contributed by atoms with Crippen LogP contribution in [0.4, 0.5) is 5.69 Å². The number of carbonyl (C=O) groups excluding carboxylic acids is 1. The molecule has 0 fully saturated rings. The second-order valence-electron chi connectivity index (χ2n) is 3.79. The Hall–Kier alpha value is -1.98. The number of nitrogens with zero attached hydrogens (tertiary/aromatic N) is 2. The van der Waals surface area contributed by atoms with Gasteiger partial charge >= 0.3 is 0 Å². The summed E-state index contributed by atoms with van der Waals surface area (Å²) in [4.78, 5) is 19.7. The quantitative estimate of drug-likeness (QED) is 0.932. The maximum absolute atomic E-state index is 11.3. The van der Waals surface area contributed by atoms with E-state index in [0.717, 1.165) is 5.56 Å². The number of hydrogen-bond acceptors (Lipinski definition) is 4. The third-order valence-corrected chi connectivity index (χ3v) is 2.53. The number of aromatic nitrogens is 2. The van der Waals surface area contributed by atoms with Crippen molar-refractivity contribution in [2.45, 2.75) is 0 Å². The van der Waals surface area contributed by atoms with Crippen molar-refractivity contribution in [3.63, 3.8) is 0 Å². The Bertz CT molecular complexity index is 572. The molecule has 0 unspecified atom stereocenters. The number of nitrogens with one attached hydrogen (secondary N) is 1. The lowest BCUT2D eigenvalue weighted by Crippen LogP contribution is -2.17. The lowest BCUT2D eigenvalue weighted by molar-refractivity contribution is -0.119. The Labute approximate surface area is 115 Å². The maximum atomic E-state index is 11.3. The first kappa shape index (κ1) is 13.5. The molecule has 19 heavy (non-hydrogen) atoms. The molecule has 0 atom stereocenters. The van der Waals surface area contributed by atoms with Gasteiger partial charge in [0.2, 0.25) is 5.91 Å². The topological polar surface area (TPSA) is 64.1 Å². The third-order valence-electron chi connectivity index (χ3n) is 2.29. The second kappa shape index (κ2) is 6.26. The summed E-state index contributed by atoms with van der Waals surface area (Å²) < 4.78 is 4.71. The van der Waals surface area contributed by atoms with Gasteiger partial charge in [0.25, 0.3) is 0 Å². The van der Waals surface area contributed by atoms with Crippen molar-refractivity contribution in [3.8, 4) is 11.4 Å². The van der Waals surface area contributed by atoms with Gasteiger partial charge in [-0.05, 0) is 12.1 Å². The van der Waals surface area contributed by atoms with E-state index in [4.69, 9.17) is 16.3 Å². The Morgan fingerprint density at radius 3 is 2.74 bits per heavy atom. The number of ether oxygens (including phenoxy) is 1. The first-order chi connectivity index (χ1) is 9.19. The summed E-state index contributed by atoms with van der Waals surface area (Å²) in [7, 11) is 1.46. The van der Waals surface area contributed by atoms with Crippen LogP contribution in [0.2, 0.25) is 5.02 Å². The molecule has 0 saturated heterocycles. The molecule has 1 aromatic heterocycles. The summed E-state index contributed by atoms with van der Waals surface area (Å²) in [6.45, 7) is -0.00392. The zero-order valence-electron chi connectivity index (χ0n) is 10.3. The molecule has 98 valence electrons. The number of carbonyl (C=O) groups is 1. The van der Waals surface area contributed by atoms with Gasteiger partial charge in [-0.25, -0.2) is 9.97 Å². The molecule has 1 aromatic carbocycles. The van der Waals surface area contributed by atoms with Gasteiger partial charge in [-0.1, -0.05) is 23.7 Å². The molecular weight excluding hydrogens is 266 g/mol. The number of amides is 1. The van der Waals surface area contributed by atoms with Crippen LogP contribution >= 0.6 is 11.6 Å². The zero-order chi connectivity index (χ0) is 13.7. The number of hydrogen-bond donors (Lipinski definition) is 1. The molecule has 0 saturated carbocycles. The fraction of sp³-hybridized carbons (Fsp3) is 0.154. The van der Waals surface area contributed by atoms with E-state index in [0.29, 0.717) is 16.5 Å². The van der Waals surface area contributed by atoms with Crippen LogP contribution < -0.4 is 5.32 Å². The molecule has 1 heterocycles. The average Bonchev–Trinajstić information content (AvgIpc) is 2.40. The van der Waals surface area contributed by atoms with Crippen LogP contribution in [0.25, 0.3) is 11.4 Å². The summed E-state index contributed by atoms with van der Waals surface area (Å²) >= 11 is 5.90. The molecule has 5 nitrogen and oxygen atoms in total. The van der Waals surface area contributed by atoms with Crippen LogP contribution in [-0.2, 0) is 9.53 Å². The van der Waals surface area contributed by atoms with Crippen molar-refractivity contribution in [1.82, 2.24) is 9.97 Å².